The first-order valence-electron chi connectivity index (χ1n) is 5.96. The summed E-state index contributed by atoms with van der Waals surface area (Å²) in [6.07, 6.45) is 0. The molecule has 0 saturated carbocycles. The molecule has 2 aromatic carbocycles. The second-order valence-electron chi connectivity index (χ2n) is 4.23. The largest absolute Gasteiger partial charge is 0.496 e. The van der Waals surface area contributed by atoms with E-state index < -0.39 is 0 Å². The van der Waals surface area contributed by atoms with Gasteiger partial charge < -0.3 is 10.1 Å². The number of anilines is 1. The lowest BCUT2D eigenvalue weighted by molar-refractivity contribution is 0.402. The van der Waals surface area contributed by atoms with E-state index in [9.17, 15) is 4.39 Å². The number of hydrogen-bond acceptors (Lipinski definition) is 2. The van der Waals surface area contributed by atoms with Crippen molar-refractivity contribution < 1.29 is 9.13 Å². The molecule has 0 aliphatic carbocycles. The number of methoxy groups -OCH3 is 1. The molecule has 100 valence electrons. The lowest BCUT2D eigenvalue weighted by atomic mass is 10.1. The molecule has 0 aliphatic rings. The van der Waals surface area contributed by atoms with Crippen molar-refractivity contribution in [2.45, 2.75) is 13.0 Å². The summed E-state index contributed by atoms with van der Waals surface area (Å²) in [5.41, 5.74) is 1.39. The number of halogens is 2. The Bertz CT molecular complexity index is 557. The van der Waals surface area contributed by atoms with Crippen LogP contribution in [0, 0.1) is 5.82 Å². The quantitative estimate of drug-likeness (QED) is 0.879. The van der Waals surface area contributed by atoms with Gasteiger partial charge in [-0.2, -0.15) is 0 Å². The average molecular weight is 280 g/mol. The summed E-state index contributed by atoms with van der Waals surface area (Å²) in [5, 5.41) is 3.89. The predicted octanol–water partition coefficient (Wildman–Crippen LogP) is 4.66. The molecule has 0 aromatic heterocycles. The van der Waals surface area contributed by atoms with Gasteiger partial charge in [0, 0.05) is 10.7 Å². The minimum absolute atomic E-state index is 0.211. The van der Waals surface area contributed by atoms with Gasteiger partial charge >= 0.3 is 0 Å². The normalized spacial score (nSPS) is 12.0. The van der Waals surface area contributed by atoms with Crippen molar-refractivity contribution in [2.24, 2.45) is 0 Å². The van der Waals surface area contributed by atoms with Gasteiger partial charge in [0.25, 0.3) is 0 Å². The van der Waals surface area contributed by atoms with Gasteiger partial charge in [-0.15, -0.1) is 0 Å². The molecule has 1 N–H and O–H groups in total. The van der Waals surface area contributed by atoms with E-state index in [1.807, 2.05) is 19.1 Å². The zero-order valence-corrected chi connectivity index (χ0v) is 11.5. The Labute approximate surface area is 117 Å². The standard InChI is InChI=1S/C15H15ClFNO/c1-10(18-12-8-6-11(16)7-9-12)15-13(17)4-3-5-14(15)19-2/h3-10,18H,1-2H3. The van der Waals surface area contributed by atoms with E-state index in [4.69, 9.17) is 16.3 Å². The molecule has 0 heterocycles. The van der Waals surface area contributed by atoms with Crippen LogP contribution in [0.3, 0.4) is 0 Å². The molecule has 1 unspecified atom stereocenters. The van der Waals surface area contributed by atoms with Crippen LogP contribution in [0.1, 0.15) is 18.5 Å². The van der Waals surface area contributed by atoms with E-state index in [0.29, 0.717) is 16.3 Å². The Hall–Kier alpha value is -1.74. The van der Waals surface area contributed by atoms with Crippen molar-refractivity contribution in [2.75, 3.05) is 12.4 Å². The maximum atomic E-state index is 13.9. The second kappa shape index (κ2) is 5.93. The highest BCUT2D eigenvalue weighted by Gasteiger charge is 2.16. The van der Waals surface area contributed by atoms with Crippen molar-refractivity contribution in [1.82, 2.24) is 0 Å². The van der Waals surface area contributed by atoms with Crippen molar-refractivity contribution in [3.8, 4) is 5.75 Å². The topological polar surface area (TPSA) is 21.3 Å². The molecule has 0 saturated heterocycles. The van der Waals surface area contributed by atoms with E-state index >= 15 is 0 Å². The smallest absolute Gasteiger partial charge is 0.132 e. The van der Waals surface area contributed by atoms with Gasteiger partial charge in [-0.25, -0.2) is 4.39 Å². The van der Waals surface area contributed by atoms with Crippen LogP contribution in [0.25, 0.3) is 0 Å². The number of benzene rings is 2. The van der Waals surface area contributed by atoms with Crippen LogP contribution in [0.5, 0.6) is 5.75 Å². The first kappa shape index (κ1) is 13.7. The van der Waals surface area contributed by atoms with Crippen molar-refractivity contribution >= 4 is 17.3 Å². The first-order chi connectivity index (χ1) is 9.11. The zero-order chi connectivity index (χ0) is 13.8. The number of nitrogens with one attached hydrogen (secondary N) is 1. The van der Waals surface area contributed by atoms with Gasteiger partial charge in [0.2, 0.25) is 0 Å². The summed E-state index contributed by atoms with van der Waals surface area (Å²) in [7, 11) is 1.54. The van der Waals surface area contributed by atoms with Crippen molar-refractivity contribution in [1.29, 1.82) is 0 Å². The summed E-state index contributed by atoms with van der Waals surface area (Å²) >= 11 is 5.83. The van der Waals surface area contributed by atoms with Crippen LogP contribution in [0.2, 0.25) is 5.02 Å². The summed E-state index contributed by atoms with van der Waals surface area (Å²) in [5.74, 6) is 0.252. The monoisotopic (exact) mass is 279 g/mol. The van der Waals surface area contributed by atoms with Gasteiger partial charge in [-0.1, -0.05) is 17.7 Å². The number of ether oxygens (including phenoxy) is 1. The maximum Gasteiger partial charge on any atom is 0.132 e. The zero-order valence-electron chi connectivity index (χ0n) is 10.8. The van der Waals surface area contributed by atoms with Crippen molar-refractivity contribution in [3.63, 3.8) is 0 Å². The Kier molecular flexibility index (Phi) is 4.27. The van der Waals surface area contributed by atoms with E-state index in [0.717, 1.165) is 5.69 Å². The molecule has 2 aromatic rings. The molecule has 0 bridgehead atoms. The molecule has 19 heavy (non-hydrogen) atoms. The highest BCUT2D eigenvalue weighted by atomic mass is 35.5. The molecule has 1 atom stereocenters. The van der Waals surface area contributed by atoms with E-state index in [-0.39, 0.29) is 11.9 Å². The fraction of sp³-hybridized carbons (Fsp3) is 0.200. The van der Waals surface area contributed by atoms with Crippen LogP contribution in [0.4, 0.5) is 10.1 Å². The molecule has 0 aliphatic heterocycles. The number of rotatable bonds is 4. The Morgan fingerprint density at radius 3 is 2.47 bits per heavy atom. The SMILES string of the molecule is COc1cccc(F)c1C(C)Nc1ccc(Cl)cc1. The molecule has 0 spiro atoms. The highest BCUT2D eigenvalue weighted by Crippen LogP contribution is 2.30. The third-order valence-corrected chi connectivity index (χ3v) is 3.15. The van der Waals surface area contributed by atoms with Gasteiger partial charge in [-0.05, 0) is 43.3 Å². The molecular weight excluding hydrogens is 265 g/mol. The first-order valence-corrected chi connectivity index (χ1v) is 6.34. The second-order valence-corrected chi connectivity index (χ2v) is 4.67. The Balaban J connectivity index is 2.24. The maximum absolute atomic E-state index is 13.9. The van der Waals surface area contributed by atoms with Gasteiger partial charge in [-0.3, -0.25) is 0 Å². The molecule has 0 amide bonds. The van der Waals surface area contributed by atoms with Gasteiger partial charge in [0.15, 0.2) is 0 Å². The third kappa shape index (κ3) is 3.18. The summed E-state index contributed by atoms with van der Waals surface area (Å²) in [6, 6.07) is 11.9. The minimum atomic E-state index is -0.284. The predicted molar refractivity (Wildman–Crippen MR) is 76.4 cm³/mol. The van der Waals surface area contributed by atoms with Crippen LogP contribution in [-0.4, -0.2) is 7.11 Å². The van der Waals surface area contributed by atoms with E-state index in [1.165, 1.54) is 13.2 Å². The summed E-state index contributed by atoms with van der Waals surface area (Å²) in [4.78, 5) is 0. The Morgan fingerprint density at radius 2 is 1.84 bits per heavy atom. The van der Waals surface area contributed by atoms with Crippen LogP contribution in [-0.2, 0) is 0 Å². The van der Waals surface area contributed by atoms with E-state index in [1.54, 1.807) is 24.3 Å². The summed E-state index contributed by atoms with van der Waals surface area (Å²) < 4.78 is 19.1. The lowest BCUT2D eigenvalue weighted by Crippen LogP contribution is -2.10. The molecule has 2 rings (SSSR count). The highest BCUT2D eigenvalue weighted by molar-refractivity contribution is 6.30. The van der Waals surface area contributed by atoms with Crippen molar-refractivity contribution in [3.05, 3.63) is 58.9 Å². The van der Waals surface area contributed by atoms with Gasteiger partial charge in [0.05, 0.1) is 18.7 Å². The number of hydrogen-bond donors (Lipinski definition) is 1. The third-order valence-electron chi connectivity index (χ3n) is 2.89. The molecule has 0 fully saturated rings. The molecule has 0 radical (unpaired) electrons. The van der Waals surface area contributed by atoms with Crippen LogP contribution >= 0.6 is 11.6 Å². The molecular formula is C15H15ClFNO. The minimum Gasteiger partial charge on any atom is -0.496 e. The fourth-order valence-corrected chi connectivity index (χ4v) is 2.11. The summed E-state index contributed by atoms with van der Waals surface area (Å²) in [6.45, 7) is 1.88. The fourth-order valence-electron chi connectivity index (χ4n) is 1.98. The van der Waals surface area contributed by atoms with Gasteiger partial charge in [0.1, 0.15) is 11.6 Å². The van der Waals surface area contributed by atoms with E-state index in [2.05, 4.69) is 5.32 Å². The molecule has 4 heteroatoms. The molecule has 2 nitrogen and oxygen atoms in total. The van der Waals surface area contributed by atoms with Crippen LogP contribution in [0.15, 0.2) is 42.5 Å². The van der Waals surface area contributed by atoms with Crippen LogP contribution < -0.4 is 10.1 Å². The Morgan fingerprint density at radius 1 is 1.16 bits per heavy atom. The lowest BCUT2D eigenvalue weighted by Gasteiger charge is -2.19. The average Bonchev–Trinajstić information content (AvgIpc) is 2.40.